The number of amides is 2. The minimum Gasteiger partial charge on any atom is -0.394 e. The zero-order valence-corrected chi connectivity index (χ0v) is 15.4. The molecule has 1 aromatic rings. The summed E-state index contributed by atoms with van der Waals surface area (Å²) in [6.45, 7) is 2.76. The van der Waals surface area contributed by atoms with Gasteiger partial charge in [-0.15, -0.1) is 0 Å². The van der Waals surface area contributed by atoms with Crippen LogP contribution in [-0.4, -0.2) is 65.7 Å². The Morgan fingerprint density at radius 2 is 2.04 bits per heavy atom. The molecule has 2 N–H and O–H groups in total. The molecule has 2 aliphatic heterocycles. The first kappa shape index (κ1) is 19.9. The number of likely N-dealkylation sites (tertiary alicyclic amines) is 2. The summed E-state index contributed by atoms with van der Waals surface area (Å²) in [5.41, 5.74) is 0.466. The Morgan fingerprint density at radius 3 is 2.59 bits per heavy atom. The van der Waals surface area contributed by atoms with Crippen LogP contribution in [0.25, 0.3) is 0 Å². The highest BCUT2D eigenvalue weighted by molar-refractivity contribution is 5.89. The van der Waals surface area contributed by atoms with Gasteiger partial charge >= 0.3 is 6.03 Å². The minimum atomic E-state index is -2.66. The second kappa shape index (κ2) is 8.06. The Hall–Kier alpha value is -1.80. The molecule has 2 aliphatic rings. The molecule has 0 aromatic heterocycles. The number of carbonyl (C=O) groups is 1. The fourth-order valence-corrected chi connectivity index (χ4v) is 4.23. The Balaban J connectivity index is 1.68. The molecule has 0 spiro atoms. The maximum Gasteiger partial charge on any atom is 0.322 e. The maximum atomic E-state index is 13.5. The van der Waals surface area contributed by atoms with Crippen LogP contribution in [0.3, 0.4) is 0 Å². The number of anilines is 1. The molecule has 27 heavy (non-hydrogen) atoms. The van der Waals surface area contributed by atoms with Crippen LogP contribution in [-0.2, 0) is 0 Å². The van der Waals surface area contributed by atoms with Crippen molar-refractivity contribution in [2.75, 3.05) is 38.1 Å². The number of nitrogens with one attached hydrogen (secondary N) is 1. The number of rotatable bonds is 5. The Bertz CT molecular complexity index is 656. The highest BCUT2D eigenvalue weighted by atomic mass is 19.3. The summed E-state index contributed by atoms with van der Waals surface area (Å²) in [6, 6.07) is 4.66. The van der Waals surface area contributed by atoms with Gasteiger partial charge in [-0.05, 0) is 36.1 Å². The molecule has 1 aromatic carbocycles. The third-order valence-electron chi connectivity index (χ3n) is 5.72. The number of nitrogens with zero attached hydrogens (tertiary/aromatic N) is 2. The van der Waals surface area contributed by atoms with Gasteiger partial charge in [0.2, 0.25) is 0 Å². The van der Waals surface area contributed by atoms with E-state index in [0.29, 0.717) is 25.3 Å². The number of benzene rings is 1. The van der Waals surface area contributed by atoms with Crippen molar-refractivity contribution >= 4 is 11.7 Å². The summed E-state index contributed by atoms with van der Waals surface area (Å²) in [5, 5.41) is 12.6. The van der Waals surface area contributed by atoms with Gasteiger partial charge < -0.3 is 15.3 Å². The molecule has 2 heterocycles. The van der Waals surface area contributed by atoms with Gasteiger partial charge in [-0.2, -0.15) is 0 Å². The standard InChI is InChI=1S/C19H26F3N3O2/c1-2-13-9-25(18(27)23-15-5-3-14(20)4-6-15)17(11-26)16(13)10-24-8-7-19(21,22)12-24/h3-6,13,16-17,26H,2,7-12H2,1H3,(H,23,27)/t13-,16-,17-/m1/s1. The summed E-state index contributed by atoms with van der Waals surface area (Å²) < 4.78 is 40.0. The van der Waals surface area contributed by atoms with E-state index >= 15 is 0 Å². The van der Waals surface area contributed by atoms with E-state index in [1.54, 1.807) is 9.80 Å². The minimum absolute atomic E-state index is 0.0622. The van der Waals surface area contributed by atoms with E-state index in [0.717, 1.165) is 6.42 Å². The highest BCUT2D eigenvalue weighted by Crippen LogP contribution is 2.35. The van der Waals surface area contributed by atoms with Crippen LogP contribution in [0, 0.1) is 17.7 Å². The SMILES string of the molecule is CC[C@@H]1CN(C(=O)Nc2ccc(F)cc2)[C@H](CO)[C@@H]1CN1CCC(F)(F)C1. The fourth-order valence-electron chi connectivity index (χ4n) is 4.23. The van der Waals surface area contributed by atoms with Crippen LogP contribution in [0.5, 0.6) is 0 Å². The van der Waals surface area contributed by atoms with Gasteiger partial charge in [0, 0.05) is 31.7 Å². The van der Waals surface area contributed by atoms with Crippen LogP contribution >= 0.6 is 0 Å². The summed E-state index contributed by atoms with van der Waals surface area (Å²) in [7, 11) is 0. The number of aliphatic hydroxyl groups is 1. The molecule has 0 radical (unpaired) electrons. The van der Waals surface area contributed by atoms with E-state index in [1.165, 1.54) is 24.3 Å². The number of hydrogen-bond acceptors (Lipinski definition) is 3. The van der Waals surface area contributed by atoms with Gasteiger partial charge in [-0.25, -0.2) is 18.0 Å². The second-order valence-corrected chi connectivity index (χ2v) is 7.51. The van der Waals surface area contributed by atoms with E-state index in [9.17, 15) is 23.1 Å². The van der Waals surface area contributed by atoms with Gasteiger partial charge in [0.15, 0.2) is 0 Å². The summed E-state index contributed by atoms with van der Waals surface area (Å²) in [6.07, 6.45) is 0.654. The molecule has 2 amide bonds. The Kier molecular flexibility index (Phi) is 5.95. The van der Waals surface area contributed by atoms with Crippen molar-refractivity contribution in [3.63, 3.8) is 0 Å². The predicted molar refractivity (Wildman–Crippen MR) is 96.3 cm³/mol. The molecular formula is C19H26F3N3O2. The third-order valence-corrected chi connectivity index (χ3v) is 5.72. The Morgan fingerprint density at radius 1 is 1.33 bits per heavy atom. The van der Waals surface area contributed by atoms with Crippen molar-refractivity contribution in [2.24, 2.45) is 11.8 Å². The third kappa shape index (κ3) is 4.55. The topological polar surface area (TPSA) is 55.8 Å². The summed E-state index contributed by atoms with van der Waals surface area (Å²) in [5.74, 6) is -2.98. The van der Waals surface area contributed by atoms with Gasteiger partial charge in [-0.1, -0.05) is 13.3 Å². The van der Waals surface area contributed by atoms with Crippen molar-refractivity contribution in [3.8, 4) is 0 Å². The summed E-state index contributed by atoms with van der Waals surface area (Å²) >= 11 is 0. The van der Waals surface area contributed by atoms with Gasteiger partial charge in [0.25, 0.3) is 5.92 Å². The van der Waals surface area contributed by atoms with Crippen molar-refractivity contribution < 1.29 is 23.1 Å². The maximum absolute atomic E-state index is 13.5. The lowest BCUT2D eigenvalue weighted by atomic mass is 9.88. The molecule has 0 saturated carbocycles. The van der Waals surface area contributed by atoms with Crippen LogP contribution < -0.4 is 5.32 Å². The van der Waals surface area contributed by atoms with Crippen molar-refractivity contribution in [2.45, 2.75) is 31.7 Å². The number of aliphatic hydroxyl groups excluding tert-OH is 1. The van der Waals surface area contributed by atoms with E-state index in [4.69, 9.17) is 0 Å². The first-order valence-electron chi connectivity index (χ1n) is 9.37. The van der Waals surface area contributed by atoms with E-state index in [-0.39, 0.29) is 37.4 Å². The monoisotopic (exact) mass is 385 g/mol. The normalized spacial score (nSPS) is 27.9. The average molecular weight is 385 g/mol. The Labute approximate surface area is 157 Å². The molecule has 8 heteroatoms. The lowest BCUT2D eigenvalue weighted by molar-refractivity contribution is 0.00917. The van der Waals surface area contributed by atoms with Crippen molar-refractivity contribution in [3.05, 3.63) is 30.1 Å². The van der Waals surface area contributed by atoms with E-state index in [2.05, 4.69) is 5.32 Å². The van der Waals surface area contributed by atoms with Crippen LogP contribution in [0.15, 0.2) is 24.3 Å². The average Bonchev–Trinajstić information content (AvgIpc) is 3.16. The molecule has 2 saturated heterocycles. The smallest absolute Gasteiger partial charge is 0.322 e. The van der Waals surface area contributed by atoms with Gasteiger partial charge in [0.1, 0.15) is 5.82 Å². The van der Waals surface area contributed by atoms with Crippen molar-refractivity contribution in [1.82, 2.24) is 9.80 Å². The zero-order valence-electron chi connectivity index (χ0n) is 15.4. The van der Waals surface area contributed by atoms with Gasteiger partial charge in [-0.3, -0.25) is 4.90 Å². The molecule has 5 nitrogen and oxygen atoms in total. The zero-order chi connectivity index (χ0) is 19.6. The van der Waals surface area contributed by atoms with Gasteiger partial charge in [0.05, 0.1) is 19.2 Å². The quantitative estimate of drug-likeness (QED) is 0.819. The highest BCUT2D eigenvalue weighted by Gasteiger charge is 2.46. The summed E-state index contributed by atoms with van der Waals surface area (Å²) in [4.78, 5) is 16.0. The van der Waals surface area contributed by atoms with Crippen LogP contribution in [0.2, 0.25) is 0 Å². The predicted octanol–water partition coefficient (Wildman–Crippen LogP) is 3.02. The molecule has 0 unspecified atom stereocenters. The number of halogens is 3. The van der Waals surface area contributed by atoms with Crippen LogP contribution in [0.1, 0.15) is 19.8 Å². The number of hydrogen-bond donors (Lipinski definition) is 2. The molecular weight excluding hydrogens is 359 g/mol. The van der Waals surface area contributed by atoms with Crippen molar-refractivity contribution in [1.29, 1.82) is 0 Å². The molecule has 3 rings (SSSR count). The van der Waals surface area contributed by atoms with E-state index in [1.807, 2.05) is 6.92 Å². The molecule has 0 bridgehead atoms. The number of carbonyl (C=O) groups excluding carboxylic acids is 1. The number of alkyl halides is 2. The lowest BCUT2D eigenvalue weighted by Gasteiger charge is -2.30. The fraction of sp³-hybridized carbons (Fsp3) is 0.632. The van der Waals surface area contributed by atoms with Crippen LogP contribution in [0.4, 0.5) is 23.7 Å². The second-order valence-electron chi connectivity index (χ2n) is 7.51. The number of urea groups is 1. The first-order chi connectivity index (χ1) is 12.8. The first-order valence-corrected chi connectivity index (χ1v) is 9.37. The van der Waals surface area contributed by atoms with E-state index < -0.39 is 17.8 Å². The lowest BCUT2D eigenvalue weighted by Crippen LogP contribution is -2.45. The molecule has 3 atom stereocenters. The molecule has 0 aliphatic carbocycles. The molecule has 150 valence electrons. The largest absolute Gasteiger partial charge is 0.394 e. The molecule has 2 fully saturated rings.